The molecule has 8 nitrogen and oxygen atoms in total. The van der Waals surface area contributed by atoms with Gasteiger partial charge in [-0.3, -0.25) is 9.89 Å². The van der Waals surface area contributed by atoms with Crippen LogP contribution in [0.15, 0.2) is 35.6 Å². The van der Waals surface area contributed by atoms with Crippen LogP contribution in [-0.4, -0.2) is 63.9 Å². The largest absolute Gasteiger partial charge is 0.493 e. The van der Waals surface area contributed by atoms with Crippen molar-refractivity contribution in [2.24, 2.45) is 4.99 Å². The van der Waals surface area contributed by atoms with Gasteiger partial charge in [-0.2, -0.15) is 0 Å². The molecular formula is C24H39N7O. The quantitative estimate of drug-likeness (QED) is 0.436. The van der Waals surface area contributed by atoms with Crippen LogP contribution in [0, 0.1) is 0 Å². The van der Waals surface area contributed by atoms with Crippen molar-refractivity contribution in [2.45, 2.75) is 72.1 Å². The van der Waals surface area contributed by atoms with Crippen LogP contribution in [0.5, 0.6) is 5.75 Å². The molecule has 3 rings (SSSR count). The highest BCUT2D eigenvalue weighted by molar-refractivity contribution is 5.80. The SMILES string of the molecule is CCc1nncn1CCNC(=NCCN(C(C)C)C(C)C)NC1CCOc2ccccc21. The zero-order chi connectivity index (χ0) is 22.9. The van der Waals surface area contributed by atoms with Crippen LogP contribution in [0.25, 0.3) is 0 Å². The van der Waals surface area contributed by atoms with E-state index in [-0.39, 0.29) is 6.04 Å². The number of aliphatic imine (C=N–C) groups is 1. The van der Waals surface area contributed by atoms with Gasteiger partial charge in [0, 0.05) is 50.1 Å². The molecule has 2 heterocycles. The van der Waals surface area contributed by atoms with Gasteiger partial charge in [0.25, 0.3) is 0 Å². The lowest BCUT2D eigenvalue weighted by Crippen LogP contribution is -2.43. The fourth-order valence-electron chi connectivity index (χ4n) is 4.23. The molecule has 1 aromatic carbocycles. The Labute approximate surface area is 192 Å². The Hall–Kier alpha value is -2.61. The molecule has 1 unspecified atom stereocenters. The van der Waals surface area contributed by atoms with E-state index in [1.807, 2.05) is 12.1 Å². The van der Waals surface area contributed by atoms with Crippen molar-refractivity contribution in [3.05, 3.63) is 42.0 Å². The van der Waals surface area contributed by atoms with E-state index in [1.165, 1.54) is 5.56 Å². The molecule has 1 aliphatic rings. The number of nitrogens with zero attached hydrogens (tertiary/aromatic N) is 5. The van der Waals surface area contributed by atoms with Gasteiger partial charge < -0.3 is 19.9 Å². The van der Waals surface area contributed by atoms with Crippen LogP contribution >= 0.6 is 0 Å². The van der Waals surface area contributed by atoms with Crippen molar-refractivity contribution < 1.29 is 4.74 Å². The predicted molar refractivity (Wildman–Crippen MR) is 129 cm³/mol. The molecule has 2 N–H and O–H groups in total. The summed E-state index contributed by atoms with van der Waals surface area (Å²) in [5, 5.41) is 15.4. The summed E-state index contributed by atoms with van der Waals surface area (Å²) in [5.74, 6) is 2.80. The van der Waals surface area contributed by atoms with Crippen molar-refractivity contribution in [1.82, 2.24) is 30.3 Å². The number of hydrogen-bond acceptors (Lipinski definition) is 5. The number of fused-ring (bicyclic) bond motifs is 1. The first kappa shape index (κ1) is 24.0. The molecule has 8 heteroatoms. The number of nitrogens with one attached hydrogen (secondary N) is 2. The van der Waals surface area contributed by atoms with Crippen LogP contribution in [0.3, 0.4) is 0 Å². The van der Waals surface area contributed by atoms with E-state index >= 15 is 0 Å². The second-order valence-corrected chi connectivity index (χ2v) is 8.75. The van der Waals surface area contributed by atoms with Crippen molar-refractivity contribution in [3.8, 4) is 5.75 Å². The molecule has 0 bridgehead atoms. The Morgan fingerprint density at radius 1 is 1.25 bits per heavy atom. The zero-order valence-corrected chi connectivity index (χ0v) is 20.2. The monoisotopic (exact) mass is 441 g/mol. The fraction of sp³-hybridized carbons (Fsp3) is 0.625. The van der Waals surface area contributed by atoms with Gasteiger partial charge in [0.15, 0.2) is 5.96 Å². The first-order valence-electron chi connectivity index (χ1n) is 11.9. The second-order valence-electron chi connectivity index (χ2n) is 8.75. The number of hydrogen-bond donors (Lipinski definition) is 2. The van der Waals surface area contributed by atoms with Crippen LogP contribution in [-0.2, 0) is 13.0 Å². The third-order valence-corrected chi connectivity index (χ3v) is 5.88. The van der Waals surface area contributed by atoms with Gasteiger partial charge in [-0.05, 0) is 33.8 Å². The Kier molecular flexibility index (Phi) is 8.90. The molecule has 1 aliphatic heterocycles. The lowest BCUT2D eigenvalue weighted by molar-refractivity contribution is 0.181. The van der Waals surface area contributed by atoms with Gasteiger partial charge in [-0.1, -0.05) is 25.1 Å². The van der Waals surface area contributed by atoms with Crippen molar-refractivity contribution in [2.75, 3.05) is 26.2 Å². The summed E-state index contributed by atoms with van der Waals surface area (Å²) in [5.41, 5.74) is 1.19. The average molecular weight is 442 g/mol. The lowest BCUT2D eigenvalue weighted by atomic mass is 10.0. The molecule has 0 aliphatic carbocycles. The van der Waals surface area contributed by atoms with E-state index in [2.05, 4.69) is 77.0 Å². The Morgan fingerprint density at radius 2 is 2.03 bits per heavy atom. The van der Waals surface area contributed by atoms with Crippen molar-refractivity contribution in [3.63, 3.8) is 0 Å². The Balaban J connectivity index is 1.67. The third kappa shape index (κ3) is 6.45. The summed E-state index contributed by atoms with van der Waals surface area (Å²) in [6, 6.07) is 9.43. The Morgan fingerprint density at radius 3 is 2.78 bits per heavy atom. The molecular weight excluding hydrogens is 402 g/mol. The Bertz CT molecular complexity index is 854. The molecule has 1 atom stereocenters. The molecule has 1 aromatic heterocycles. The molecule has 0 radical (unpaired) electrons. The highest BCUT2D eigenvalue weighted by Crippen LogP contribution is 2.31. The van der Waals surface area contributed by atoms with Crippen LogP contribution in [0.4, 0.5) is 0 Å². The molecule has 32 heavy (non-hydrogen) atoms. The number of rotatable bonds is 10. The summed E-state index contributed by atoms with van der Waals surface area (Å²) < 4.78 is 7.92. The van der Waals surface area contributed by atoms with E-state index in [0.717, 1.165) is 56.6 Å². The fourth-order valence-corrected chi connectivity index (χ4v) is 4.23. The summed E-state index contributed by atoms with van der Waals surface area (Å²) >= 11 is 0. The minimum Gasteiger partial charge on any atom is -0.493 e. The van der Waals surface area contributed by atoms with Gasteiger partial charge >= 0.3 is 0 Å². The van der Waals surface area contributed by atoms with Gasteiger partial charge in [-0.25, -0.2) is 0 Å². The molecule has 176 valence electrons. The maximum absolute atomic E-state index is 5.83. The van der Waals surface area contributed by atoms with Crippen molar-refractivity contribution in [1.29, 1.82) is 0 Å². The van der Waals surface area contributed by atoms with E-state index < -0.39 is 0 Å². The smallest absolute Gasteiger partial charge is 0.191 e. The second kappa shape index (κ2) is 11.9. The minimum absolute atomic E-state index is 0.179. The molecule has 0 spiro atoms. The molecule has 0 fully saturated rings. The summed E-state index contributed by atoms with van der Waals surface area (Å²) in [7, 11) is 0. The number of guanidine groups is 1. The van der Waals surface area contributed by atoms with Gasteiger partial charge in [-0.15, -0.1) is 10.2 Å². The van der Waals surface area contributed by atoms with Gasteiger partial charge in [0.2, 0.25) is 0 Å². The van der Waals surface area contributed by atoms with Crippen molar-refractivity contribution >= 4 is 5.96 Å². The summed E-state index contributed by atoms with van der Waals surface area (Å²) in [6.45, 7) is 15.0. The maximum atomic E-state index is 5.83. The van der Waals surface area contributed by atoms with Crippen LogP contribution in [0.2, 0.25) is 0 Å². The standard InChI is InChI=1S/C24H39N7O/c1-6-23-29-27-17-30(23)14-12-25-24(26-13-15-31(18(2)3)19(4)5)28-21-11-16-32-22-10-8-7-9-20(21)22/h7-10,17-19,21H,6,11-16H2,1-5H3,(H2,25,26,28). The molecule has 0 saturated carbocycles. The molecule has 0 saturated heterocycles. The zero-order valence-electron chi connectivity index (χ0n) is 20.2. The molecule has 0 amide bonds. The van der Waals surface area contributed by atoms with Crippen LogP contribution in [0.1, 0.15) is 58.5 Å². The lowest BCUT2D eigenvalue weighted by Gasteiger charge is -2.30. The number of benzene rings is 1. The topological polar surface area (TPSA) is 79.6 Å². The number of para-hydroxylation sites is 1. The van der Waals surface area contributed by atoms with E-state index in [4.69, 9.17) is 9.73 Å². The van der Waals surface area contributed by atoms with E-state index in [0.29, 0.717) is 18.7 Å². The highest BCUT2D eigenvalue weighted by atomic mass is 16.5. The third-order valence-electron chi connectivity index (χ3n) is 5.88. The predicted octanol–water partition coefficient (Wildman–Crippen LogP) is 3.02. The van der Waals surface area contributed by atoms with E-state index in [9.17, 15) is 0 Å². The number of aromatic nitrogens is 3. The normalized spacial score (nSPS) is 16.4. The number of aryl methyl sites for hydroxylation is 1. The number of ether oxygens (including phenoxy) is 1. The van der Waals surface area contributed by atoms with Crippen LogP contribution < -0.4 is 15.4 Å². The first-order chi connectivity index (χ1) is 15.5. The average Bonchev–Trinajstić information content (AvgIpc) is 3.23. The maximum Gasteiger partial charge on any atom is 0.191 e. The van der Waals surface area contributed by atoms with Gasteiger partial charge in [0.1, 0.15) is 17.9 Å². The van der Waals surface area contributed by atoms with E-state index in [1.54, 1.807) is 6.33 Å². The minimum atomic E-state index is 0.179. The summed E-state index contributed by atoms with van der Waals surface area (Å²) in [4.78, 5) is 7.40. The summed E-state index contributed by atoms with van der Waals surface area (Å²) in [6.07, 6.45) is 3.58. The van der Waals surface area contributed by atoms with Gasteiger partial charge in [0.05, 0.1) is 19.2 Å². The first-order valence-corrected chi connectivity index (χ1v) is 11.9. The molecule has 2 aromatic rings. The highest BCUT2D eigenvalue weighted by Gasteiger charge is 2.22.